The maximum absolute atomic E-state index is 11.7. The van der Waals surface area contributed by atoms with Crippen LogP contribution in [-0.4, -0.2) is 17.9 Å². The number of carbonyl (C=O) groups excluding carboxylic acids is 1. The number of nitrogens with two attached hydrogens (primary N) is 1. The molecule has 1 aliphatic rings. The second-order valence-electron chi connectivity index (χ2n) is 4.81. The van der Waals surface area contributed by atoms with Gasteiger partial charge in [0.25, 0.3) is 0 Å². The van der Waals surface area contributed by atoms with Crippen molar-refractivity contribution in [2.75, 3.05) is 5.73 Å². The third kappa shape index (κ3) is 2.61. The van der Waals surface area contributed by atoms with E-state index >= 15 is 0 Å². The van der Waals surface area contributed by atoms with E-state index in [-0.39, 0.29) is 0 Å². The summed E-state index contributed by atoms with van der Waals surface area (Å²) in [5.41, 5.74) is 5.58. The number of benzene rings is 1. The number of ether oxygens (including phenoxy) is 3. The van der Waals surface area contributed by atoms with Gasteiger partial charge in [0.05, 0.1) is 0 Å². The van der Waals surface area contributed by atoms with Gasteiger partial charge in [0.2, 0.25) is 0 Å². The SMILES string of the molecule is CC(C)(C)OC(=O)C1Oc2ccc(N)cc2O1. The van der Waals surface area contributed by atoms with E-state index in [0.717, 1.165) is 0 Å². The Morgan fingerprint density at radius 1 is 1.29 bits per heavy atom. The quantitative estimate of drug-likeness (QED) is 0.594. The van der Waals surface area contributed by atoms with Gasteiger partial charge in [-0.2, -0.15) is 0 Å². The molecule has 2 rings (SSSR count). The number of nitrogen functional groups attached to an aromatic ring is 1. The van der Waals surface area contributed by atoms with Crippen molar-refractivity contribution in [2.24, 2.45) is 0 Å². The Labute approximate surface area is 99.5 Å². The minimum atomic E-state index is -1.05. The van der Waals surface area contributed by atoms with Crippen molar-refractivity contribution in [1.82, 2.24) is 0 Å². The van der Waals surface area contributed by atoms with Gasteiger partial charge < -0.3 is 19.9 Å². The van der Waals surface area contributed by atoms with Gasteiger partial charge in [0.1, 0.15) is 5.60 Å². The first-order chi connectivity index (χ1) is 7.85. The van der Waals surface area contributed by atoms with Gasteiger partial charge in [-0.15, -0.1) is 0 Å². The number of anilines is 1. The van der Waals surface area contributed by atoms with Crippen LogP contribution in [0.1, 0.15) is 20.8 Å². The summed E-state index contributed by atoms with van der Waals surface area (Å²) < 4.78 is 15.8. The highest BCUT2D eigenvalue weighted by Gasteiger charge is 2.34. The molecule has 0 saturated heterocycles. The number of esters is 1. The zero-order chi connectivity index (χ0) is 12.6. The van der Waals surface area contributed by atoms with Crippen LogP contribution in [0.15, 0.2) is 18.2 Å². The molecule has 0 fully saturated rings. The molecule has 0 radical (unpaired) electrons. The second kappa shape index (κ2) is 3.84. The fourth-order valence-corrected chi connectivity index (χ4v) is 1.41. The molecule has 17 heavy (non-hydrogen) atoms. The maximum Gasteiger partial charge on any atom is 0.390 e. The molecular weight excluding hydrogens is 222 g/mol. The first-order valence-electron chi connectivity index (χ1n) is 5.31. The Morgan fingerprint density at radius 2 is 1.94 bits per heavy atom. The molecule has 1 aromatic rings. The van der Waals surface area contributed by atoms with Crippen LogP contribution in [0.2, 0.25) is 0 Å². The number of carbonyl (C=O) groups is 1. The van der Waals surface area contributed by atoms with Gasteiger partial charge in [-0.05, 0) is 32.9 Å². The van der Waals surface area contributed by atoms with Crippen LogP contribution in [-0.2, 0) is 9.53 Å². The highest BCUT2D eigenvalue weighted by atomic mass is 16.7. The second-order valence-corrected chi connectivity index (χ2v) is 4.81. The Kier molecular flexibility index (Phi) is 2.61. The molecule has 5 heteroatoms. The number of hydrogen-bond donors (Lipinski definition) is 1. The molecule has 5 nitrogen and oxygen atoms in total. The molecule has 92 valence electrons. The lowest BCUT2D eigenvalue weighted by Gasteiger charge is -2.21. The van der Waals surface area contributed by atoms with Crippen molar-refractivity contribution in [1.29, 1.82) is 0 Å². The summed E-state index contributed by atoms with van der Waals surface area (Å²) in [6, 6.07) is 4.95. The van der Waals surface area contributed by atoms with Gasteiger partial charge >= 0.3 is 12.3 Å². The van der Waals surface area contributed by atoms with E-state index in [4.69, 9.17) is 19.9 Å². The van der Waals surface area contributed by atoms with Crippen molar-refractivity contribution in [3.8, 4) is 11.5 Å². The van der Waals surface area contributed by atoms with Crippen LogP contribution < -0.4 is 15.2 Å². The minimum absolute atomic E-state index is 0.459. The van der Waals surface area contributed by atoms with Gasteiger partial charge in [-0.1, -0.05) is 0 Å². The van der Waals surface area contributed by atoms with Crippen LogP contribution in [0, 0.1) is 0 Å². The molecule has 1 heterocycles. The Morgan fingerprint density at radius 3 is 2.59 bits per heavy atom. The molecule has 1 aromatic carbocycles. The number of fused-ring (bicyclic) bond motifs is 1. The van der Waals surface area contributed by atoms with Crippen LogP contribution in [0.25, 0.3) is 0 Å². The van der Waals surface area contributed by atoms with E-state index in [2.05, 4.69) is 0 Å². The van der Waals surface area contributed by atoms with Crippen LogP contribution in [0.4, 0.5) is 5.69 Å². The third-order valence-corrected chi connectivity index (χ3v) is 2.04. The highest BCUT2D eigenvalue weighted by Crippen LogP contribution is 2.36. The topological polar surface area (TPSA) is 70.8 Å². The summed E-state index contributed by atoms with van der Waals surface area (Å²) >= 11 is 0. The lowest BCUT2D eigenvalue weighted by molar-refractivity contribution is -0.173. The van der Waals surface area contributed by atoms with Crippen LogP contribution in [0.3, 0.4) is 0 Å². The molecule has 2 N–H and O–H groups in total. The molecule has 1 atom stereocenters. The first kappa shape index (κ1) is 11.6. The highest BCUT2D eigenvalue weighted by molar-refractivity contribution is 5.76. The zero-order valence-corrected chi connectivity index (χ0v) is 10.0. The molecule has 0 bridgehead atoms. The van der Waals surface area contributed by atoms with E-state index in [0.29, 0.717) is 17.2 Å². The average Bonchev–Trinajstić information content (AvgIpc) is 2.57. The molecular formula is C12H15NO4. The van der Waals surface area contributed by atoms with E-state index < -0.39 is 17.9 Å². The van der Waals surface area contributed by atoms with Crippen molar-refractivity contribution in [2.45, 2.75) is 32.7 Å². The Bertz CT molecular complexity index is 450. The average molecular weight is 237 g/mol. The van der Waals surface area contributed by atoms with E-state index in [9.17, 15) is 4.79 Å². The van der Waals surface area contributed by atoms with E-state index in [1.165, 1.54) is 0 Å². The van der Waals surface area contributed by atoms with Gasteiger partial charge in [0.15, 0.2) is 11.5 Å². The van der Waals surface area contributed by atoms with Gasteiger partial charge in [-0.3, -0.25) is 0 Å². The third-order valence-electron chi connectivity index (χ3n) is 2.04. The lowest BCUT2D eigenvalue weighted by atomic mass is 10.2. The predicted molar refractivity (Wildman–Crippen MR) is 61.7 cm³/mol. The van der Waals surface area contributed by atoms with Crippen LogP contribution in [0.5, 0.6) is 11.5 Å². The van der Waals surface area contributed by atoms with Crippen molar-refractivity contribution in [3.05, 3.63) is 18.2 Å². The predicted octanol–water partition coefficient (Wildman–Crippen LogP) is 1.71. The molecule has 0 saturated carbocycles. The van der Waals surface area contributed by atoms with Crippen molar-refractivity contribution >= 4 is 11.7 Å². The summed E-state index contributed by atoms with van der Waals surface area (Å²) in [7, 11) is 0. The summed E-state index contributed by atoms with van der Waals surface area (Å²) in [6.45, 7) is 5.35. The zero-order valence-electron chi connectivity index (χ0n) is 10.0. The number of hydrogen-bond acceptors (Lipinski definition) is 5. The standard InChI is InChI=1S/C12H15NO4/c1-12(2,3)17-10(14)11-15-8-5-4-7(13)6-9(8)16-11/h4-6,11H,13H2,1-3H3. The molecule has 0 aromatic heterocycles. The van der Waals surface area contributed by atoms with Gasteiger partial charge in [-0.25, -0.2) is 4.79 Å². The summed E-state index contributed by atoms with van der Waals surface area (Å²) in [5, 5.41) is 0. The fraction of sp³-hybridized carbons (Fsp3) is 0.417. The van der Waals surface area contributed by atoms with Gasteiger partial charge in [0, 0.05) is 11.8 Å². The molecule has 1 aliphatic heterocycles. The summed E-state index contributed by atoms with van der Waals surface area (Å²) in [5.74, 6) is 0.406. The fourth-order valence-electron chi connectivity index (χ4n) is 1.41. The number of rotatable bonds is 1. The summed E-state index contributed by atoms with van der Waals surface area (Å²) in [6.07, 6.45) is -1.05. The van der Waals surface area contributed by atoms with Crippen molar-refractivity contribution < 1.29 is 19.0 Å². The van der Waals surface area contributed by atoms with E-state index in [1.54, 1.807) is 39.0 Å². The maximum atomic E-state index is 11.7. The molecule has 0 aliphatic carbocycles. The Balaban J connectivity index is 2.07. The lowest BCUT2D eigenvalue weighted by Crippen LogP contribution is -2.36. The van der Waals surface area contributed by atoms with Crippen molar-refractivity contribution in [3.63, 3.8) is 0 Å². The van der Waals surface area contributed by atoms with Crippen LogP contribution >= 0.6 is 0 Å². The smallest absolute Gasteiger partial charge is 0.390 e. The van der Waals surface area contributed by atoms with E-state index in [1.807, 2.05) is 0 Å². The largest absolute Gasteiger partial charge is 0.454 e. The first-order valence-corrected chi connectivity index (χ1v) is 5.31. The normalized spacial score (nSPS) is 17.9. The summed E-state index contributed by atoms with van der Waals surface area (Å²) in [4.78, 5) is 11.7. The Hall–Kier alpha value is -1.91. The molecule has 0 amide bonds. The molecule has 0 spiro atoms. The minimum Gasteiger partial charge on any atom is -0.454 e. The molecule has 1 unspecified atom stereocenters. The monoisotopic (exact) mass is 237 g/mol.